The van der Waals surface area contributed by atoms with Gasteiger partial charge in [0.15, 0.2) is 0 Å². The Bertz CT molecular complexity index is 451. The molecule has 1 heterocycles. The number of aromatic nitrogens is 1. The quantitative estimate of drug-likeness (QED) is 0.788. The molecule has 0 radical (unpaired) electrons. The van der Waals surface area contributed by atoms with Crippen LogP contribution in [0, 0.1) is 5.92 Å². The second-order valence-corrected chi connectivity index (χ2v) is 4.68. The molecule has 0 aliphatic carbocycles. The average molecular weight is 265 g/mol. The van der Waals surface area contributed by atoms with E-state index in [-0.39, 0.29) is 5.92 Å². The van der Waals surface area contributed by atoms with Gasteiger partial charge < -0.3 is 10.1 Å². The Hall–Kier alpha value is -1.91. The first-order valence-corrected chi connectivity index (χ1v) is 6.21. The molecule has 1 unspecified atom stereocenters. The lowest BCUT2D eigenvalue weighted by Crippen LogP contribution is -2.40. The van der Waals surface area contributed by atoms with Gasteiger partial charge in [-0.3, -0.25) is 9.78 Å². The fourth-order valence-electron chi connectivity index (χ4n) is 1.30. The van der Waals surface area contributed by atoms with Gasteiger partial charge in [-0.2, -0.15) is 0 Å². The Labute approximate surface area is 114 Å². The number of carbonyl (C=O) groups is 2. The van der Waals surface area contributed by atoms with Crippen LogP contribution in [0.4, 0.5) is 0 Å². The molecule has 1 aromatic heterocycles. The van der Waals surface area contributed by atoms with Gasteiger partial charge in [-0.15, -0.1) is 0 Å². The largest absolute Gasteiger partial charge is 0.464 e. The van der Waals surface area contributed by atoms with E-state index in [0.717, 1.165) is 0 Å². The van der Waals surface area contributed by atoms with Crippen LogP contribution in [0.5, 0.6) is 0 Å². The van der Waals surface area contributed by atoms with Gasteiger partial charge >= 0.3 is 5.97 Å². The highest BCUT2D eigenvalue weighted by Crippen LogP contribution is 1.99. The second-order valence-electron chi connectivity index (χ2n) is 4.68. The number of pyridine rings is 1. The summed E-state index contributed by atoms with van der Waals surface area (Å²) in [5.74, 6) is -0.807. The molecular weight excluding hydrogens is 244 g/mol. The minimum atomic E-state index is -1.11. The van der Waals surface area contributed by atoms with Crippen molar-refractivity contribution in [3.8, 4) is 0 Å². The summed E-state index contributed by atoms with van der Waals surface area (Å²) in [6.45, 7) is 5.71. The highest BCUT2D eigenvalue weighted by atomic mass is 16.5. The van der Waals surface area contributed by atoms with Crippen LogP contribution in [-0.2, 0) is 20.7 Å². The van der Waals surface area contributed by atoms with Crippen molar-refractivity contribution >= 4 is 11.9 Å². The smallest absolute Gasteiger partial charge is 0.328 e. The molecule has 0 saturated carbocycles. The lowest BCUT2D eigenvalue weighted by Gasteiger charge is -2.14. The fraction of sp³-hybridized carbons (Fsp3) is 0.500. The third-order valence-electron chi connectivity index (χ3n) is 2.25. The maximum absolute atomic E-state index is 11.9. The van der Waals surface area contributed by atoms with E-state index in [4.69, 9.17) is 6.11 Å². The number of nitrogens with zero attached hydrogens (tertiary/aromatic N) is 1. The molecule has 1 N–H and O–H groups in total. The van der Waals surface area contributed by atoms with Crippen molar-refractivity contribution in [1.82, 2.24) is 10.3 Å². The lowest BCUT2D eigenvalue weighted by atomic mass is 10.2. The molecule has 0 bridgehead atoms. The van der Waals surface area contributed by atoms with Gasteiger partial charge in [-0.05, 0) is 24.5 Å². The first kappa shape index (κ1) is 13.5. The zero-order chi connectivity index (χ0) is 15.1. The van der Waals surface area contributed by atoms with E-state index < -0.39 is 24.3 Å². The molecule has 0 aliphatic heterocycles. The summed E-state index contributed by atoms with van der Waals surface area (Å²) in [6.07, 6.45) is 1.92. The molecule has 2 atom stereocenters. The highest BCUT2D eigenvalue weighted by Gasteiger charge is 2.17. The predicted molar refractivity (Wildman–Crippen MR) is 71.3 cm³/mol. The van der Waals surface area contributed by atoms with Gasteiger partial charge in [0.05, 0.1) is 13.0 Å². The molecule has 0 fully saturated rings. The number of rotatable bonds is 6. The van der Waals surface area contributed by atoms with E-state index in [0.29, 0.717) is 12.2 Å². The summed E-state index contributed by atoms with van der Waals surface area (Å²) in [5, 5.41) is 2.47. The predicted octanol–water partition coefficient (Wildman–Crippen LogP) is 1.33. The van der Waals surface area contributed by atoms with Crippen LogP contribution in [0.25, 0.3) is 0 Å². The summed E-state index contributed by atoms with van der Waals surface area (Å²) in [5.41, 5.74) is 0.479. The third-order valence-corrected chi connectivity index (χ3v) is 2.25. The van der Waals surface area contributed by atoms with Crippen LogP contribution in [0.1, 0.15) is 27.7 Å². The average Bonchev–Trinajstić information content (AvgIpc) is 2.44. The van der Waals surface area contributed by atoms with Crippen LogP contribution in [0.2, 0.25) is 0 Å². The Morgan fingerprint density at radius 3 is 2.79 bits per heavy atom. The van der Waals surface area contributed by atoms with Gasteiger partial charge in [-0.1, -0.05) is 19.9 Å². The summed E-state index contributed by atoms with van der Waals surface area (Å²) in [7, 11) is 0. The van der Waals surface area contributed by atoms with Crippen LogP contribution in [-0.4, -0.2) is 29.5 Å². The van der Waals surface area contributed by atoms with Gasteiger partial charge in [-0.25, -0.2) is 4.79 Å². The lowest BCUT2D eigenvalue weighted by molar-refractivity contribution is -0.148. The van der Waals surface area contributed by atoms with Crippen molar-refractivity contribution in [1.29, 1.82) is 0 Å². The first-order chi connectivity index (χ1) is 9.41. The Morgan fingerprint density at radius 2 is 2.21 bits per heavy atom. The Kier molecular flexibility index (Phi) is 5.34. The molecule has 1 rings (SSSR count). The van der Waals surface area contributed by atoms with Crippen molar-refractivity contribution in [3.05, 3.63) is 30.1 Å². The maximum Gasteiger partial charge on any atom is 0.328 e. The summed E-state index contributed by atoms with van der Waals surface area (Å²) in [6, 6.07) is 2.53. The number of carbonyl (C=O) groups excluding carboxylic acids is 2. The number of amides is 1. The molecule has 1 aromatic rings. The molecule has 19 heavy (non-hydrogen) atoms. The molecule has 5 heteroatoms. The fourth-order valence-corrected chi connectivity index (χ4v) is 1.30. The highest BCUT2D eigenvalue weighted by molar-refractivity contribution is 5.85. The van der Waals surface area contributed by atoms with Gasteiger partial charge in [0.25, 0.3) is 0 Å². The van der Waals surface area contributed by atoms with Crippen molar-refractivity contribution in [2.45, 2.75) is 33.2 Å². The summed E-state index contributed by atoms with van der Waals surface area (Å²) in [4.78, 5) is 27.4. The van der Waals surface area contributed by atoms with Crippen LogP contribution < -0.4 is 5.32 Å². The summed E-state index contributed by atoms with van der Waals surface area (Å²) < 4.78 is 12.8. The molecule has 0 aliphatic rings. The molecule has 0 saturated heterocycles. The van der Waals surface area contributed by atoms with Crippen molar-refractivity contribution < 1.29 is 15.7 Å². The molecule has 104 valence electrons. The third kappa shape index (κ3) is 5.99. The van der Waals surface area contributed by atoms with E-state index in [2.05, 4.69) is 10.3 Å². The normalized spacial score (nSPS) is 14.4. The Morgan fingerprint density at radius 1 is 1.47 bits per heavy atom. The number of hydrogen-bond acceptors (Lipinski definition) is 4. The monoisotopic (exact) mass is 265 g/mol. The SMILES string of the molecule is [2H]C(C(=O)N[C@@H](C)C(=O)OCC(C)C)c1cccnc1. The zero-order valence-corrected chi connectivity index (χ0v) is 11.4. The minimum absolute atomic E-state index is 0.237. The van der Waals surface area contributed by atoms with E-state index in [1.807, 2.05) is 13.8 Å². The van der Waals surface area contributed by atoms with Gasteiger partial charge in [0.2, 0.25) is 5.91 Å². The number of ether oxygens (including phenoxy) is 1. The van der Waals surface area contributed by atoms with Crippen molar-refractivity contribution in [2.75, 3.05) is 6.61 Å². The standard InChI is InChI=1S/C14H20N2O3/c1-10(2)9-19-14(18)11(3)16-13(17)7-12-5-4-6-15-8-12/h4-6,8,10-11H,7,9H2,1-3H3,(H,16,17)/t11-/m0/s1/i7D/t7?,11-. The van der Waals surface area contributed by atoms with Crippen LogP contribution in [0.3, 0.4) is 0 Å². The van der Waals surface area contributed by atoms with Crippen molar-refractivity contribution in [3.63, 3.8) is 0 Å². The molecular formula is C14H20N2O3. The topological polar surface area (TPSA) is 68.3 Å². The molecule has 0 aromatic carbocycles. The molecule has 1 amide bonds. The maximum atomic E-state index is 11.9. The first-order valence-electron chi connectivity index (χ1n) is 6.78. The van der Waals surface area contributed by atoms with E-state index in [9.17, 15) is 9.59 Å². The van der Waals surface area contributed by atoms with E-state index in [1.165, 1.54) is 13.1 Å². The number of hydrogen-bond donors (Lipinski definition) is 1. The number of esters is 1. The minimum Gasteiger partial charge on any atom is -0.464 e. The van der Waals surface area contributed by atoms with Crippen LogP contribution >= 0.6 is 0 Å². The molecule has 0 spiro atoms. The van der Waals surface area contributed by atoms with E-state index >= 15 is 0 Å². The number of nitrogens with one attached hydrogen (secondary N) is 1. The van der Waals surface area contributed by atoms with Crippen LogP contribution in [0.15, 0.2) is 24.5 Å². The zero-order valence-electron chi connectivity index (χ0n) is 12.4. The van der Waals surface area contributed by atoms with E-state index in [1.54, 1.807) is 18.3 Å². The Balaban J connectivity index is 2.51. The van der Waals surface area contributed by atoms with Crippen molar-refractivity contribution in [2.24, 2.45) is 5.92 Å². The molecule has 5 nitrogen and oxygen atoms in total. The summed E-state index contributed by atoms with van der Waals surface area (Å²) >= 11 is 0. The van der Waals surface area contributed by atoms with Gasteiger partial charge in [0.1, 0.15) is 6.04 Å². The van der Waals surface area contributed by atoms with Gasteiger partial charge in [0, 0.05) is 13.8 Å². The second kappa shape index (κ2) is 7.51.